The molecule has 1 aromatic heterocycles. The van der Waals surface area contributed by atoms with Crippen molar-refractivity contribution in [2.45, 2.75) is 6.04 Å². The Morgan fingerprint density at radius 2 is 1.96 bits per heavy atom. The van der Waals surface area contributed by atoms with Gasteiger partial charge in [-0.2, -0.15) is 0 Å². The van der Waals surface area contributed by atoms with Gasteiger partial charge in [0.05, 0.1) is 6.04 Å². The minimum absolute atomic E-state index is 0.167. The molecule has 6 heteroatoms. The van der Waals surface area contributed by atoms with Crippen LogP contribution in [-0.4, -0.2) is 35.6 Å². The van der Waals surface area contributed by atoms with Gasteiger partial charge in [0.15, 0.2) is 11.5 Å². The highest BCUT2D eigenvalue weighted by Crippen LogP contribution is 2.43. The Bertz CT molecular complexity index is 1000. The number of hydrogen-bond acceptors (Lipinski definition) is 4. The van der Waals surface area contributed by atoms with Crippen LogP contribution in [-0.2, 0) is 0 Å². The van der Waals surface area contributed by atoms with Crippen LogP contribution in [0.2, 0.25) is 0 Å². The maximum atomic E-state index is 13.9. The van der Waals surface area contributed by atoms with Crippen molar-refractivity contribution in [2.75, 3.05) is 19.6 Å². The lowest BCUT2D eigenvalue weighted by molar-refractivity contribution is 0.0703. The summed E-state index contributed by atoms with van der Waals surface area (Å²) >= 11 is 0. The molecule has 0 bridgehead atoms. The Kier molecular flexibility index (Phi) is 4.20. The first-order chi connectivity index (χ1) is 13.7. The zero-order valence-corrected chi connectivity index (χ0v) is 15.2. The minimum atomic E-state index is -0.285. The van der Waals surface area contributed by atoms with E-state index in [9.17, 15) is 9.18 Å². The highest BCUT2D eigenvalue weighted by Gasteiger charge is 2.47. The van der Waals surface area contributed by atoms with Gasteiger partial charge in [-0.1, -0.05) is 47.6 Å². The number of likely N-dealkylation sites (tertiary alicyclic amines) is 1. The number of nitrogens with zero attached hydrogens (tertiary/aromatic N) is 2. The molecule has 3 heterocycles. The molecule has 2 aliphatic heterocycles. The fourth-order valence-electron chi connectivity index (χ4n) is 4.51. The fraction of sp³-hybridized carbons (Fsp3) is 0.273. The number of carbonyl (C=O) groups excluding carboxylic acids is 1. The predicted molar refractivity (Wildman–Crippen MR) is 102 cm³/mol. The summed E-state index contributed by atoms with van der Waals surface area (Å²) in [7, 11) is 0. The number of rotatable bonds is 3. The molecule has 1 N–H and O–H groups in total. The van der Waals surface area contributed by atoms with E-state index < -0.39 is 0 Å². The second-order valence-electron chi connectivity index (χ2n) is 7.48. The van der Waals surface area contributed by atoms with Gasteiger partial charge >= 0.3 is 0 Å². The van der Waals surface area contributed by atoms with E-state index in [0.29, 0.717) is 18.2 Å². The summed E-state index contributed by atoms with van der Waals surface area (Å²) in [5.74, 6) is 0.734. The molecular weight excluding hydrogens is 357 g/mol. The van der Waals surface area contributed by atoms with E-state index in [2.05, 4.69) is 10.5 Å². The molecule has 0 aliphatic carbocycles. The summed E-state index contributed by atoms with van der Waals surface area (Å²) < 4.78 is 19.3. The second kappa shape index (κ2) is 6.87. The van der Waals surface area contributed by atoms with Gasteiger partial charge in [-0.15, -0.1) is 0 Å². The lowest BCUT2D eigenvalue weighted by Gasteiger charge is -2.27. The average Bonchev–Trinajstić information content (AvgIpc) is 3.44. The number of nitrogens with one attached hydrogen (secondary N) is 1. The van der Waals surface area contributed by atoms with E-state index in [-0.39, 0.29) is 29.4 Å². The monoisotopic (exact) mass is 377 g/mol. The van der Waals surface area contributed by atoms with E-state index in [1.165, 1.54) is 12.1 Å². The van der Waals surface area contributed by atoms with Gasteiger partial charge in [0, 0.05) is 37.2 Å². The van der Waals surface area contributed by atoms with Crippen LogP contribution in [0, 0.1) is 17.7 Å². The van der Waals surface area contributed by atoms with E-state index in [1.54, 1.807) is 12.1 Å². The molecule has 2 aliphatic rings. The first kappa shape index (κ1) is 17.1. The SMILES string of the molecule is O=C(c1cc(-c2ccccc2)on1)N1C[C@@H]2CNC[C@@H]2[C@H]1c1cccc(F)c1. The summed E-state index contributed by atoms with van der Waals surface area (Å²) in [6, 6.07) is 17.6. The van der Waals surface area contributed by atoms with Gasteiger partial charge in [0.1, 0.15) is 5.82 Å². The topological polar surface area (TPSA) is 58.4 Å². The highest BCUT2D eigenvalue weighted by molar-refractivity contribution is 5.93. The second-order valence-corrected chi connectivity index (χ2v) is 7.48. The van der Waals surface area contributed by atoms with Gasteiger partial charge in [0.25, 0.3) is 5.91 Å². The van der Waals surface area contributed by atoms with Crippen molar-refractivity contribution in [3.63, 3.8) is 0 Å². The van der Waals surface area contributed by atoms with Crippen molar-refractivity contribution in [1.29, 1.82) is 0 Å². The number of hydrogen-bond donors (Lipinski definition) is 1. The van der Waals surface area contributed by atoms with Gasteiger partial charge in [-0.3, -0.25) is 4.79 Å². The normalized spacial score (nSPS) is 23.8. The van der Waals surface area contributed by atoms with Crippen LogP contribution in [0.1, 0.15) is 22.1 Å². The lowest BCUT2D eigenvalue weighted by Crippen LogP contribution is -2.34. The molecular formula is C22H20FN3O2. The molecule has 5 nitrogen and oxygen atoms in total. The standard InChI is InChI=1S/C22H20FN3O2/c23-17-8-4-7-15(9-17)21-18-12-24-11-16(18)13-26(21)22(27)19-10-20(28-25-19)14-5-2-1-3-6-14/h1-10,16,18,21,24H,11-13H2/t16-,18-,21+/m0/s1. The van der Waals surface area contributed by atoms with Crippen molar-refractivity contribution in [2.24, 2.45) is 11.8 Å². The smallest absolute Gasteiger partial charge is 0.276 e. The van der Waals surface area contributed by atoms with Gasteiger partial charge in [0.2, 0.25) is 0 Å². The Hall–Kier alpha value is -2.99. The molecule has 2 fully saturated rings. The summed E-state index contributed by atoms with van der Waals surface area (Å²) in [5.41, 5.74) is 1.99. The van der Waals surface area contributed by atoms with Crippen LogP contribution in [0.15, 0.2) is 65.2 Å². The fourth-order valence-corrected chi connectivity index (χ4v) is 4.51. The molecule has 2 saturated heterocycles. The van der Waals surface area contributed by atoms with Crippen molar-refractivity contribution in [3.8, 4) is 11.3 Å². The zero-order chi connectivity index (χ0) is 19.1. The molecule has 142 valence electrons. The van der Waals surface area contributed by atoms with Gasteiger partial charge < -0.3 is 14.7 Å². The third kappa shape index (κ3) is 2.90. The summed E-state index contributed by atoms with van der Waals surface area (Å²) in [6.07, 6.45) is 0. The zero-order valence-electron chi connectivity index (χ0n) is 15.2. The Labute approximate surface area is 162 Å². The molecule has 3 atom stereocenters. The maximum absolute atomic E-state index is 13.9. The van der Waals surface area contributed by atoms with E-state index in [0.717, 1.165) is 24.2 Å². The first-order valence-electron chi connectivity index (χ1n) is 9.50. The van der Waals surface area contributed by atoms with Crippen LogP contribution in [0.25, 0.3) is 11.3 Å². The highest BCUT2D eigenvalue weighted by atomic mass is 19.1. The van der Waals surface area contributed by atoms with Gasteiger partial charge in [-0.05, 0) is 23.6 Å². The number of halogens is 1. The Balaban J connectivity index is 1.47. The van der Waals surface area contributed by atoms with Crippen LogP contribution in [0.3, 0.4) is 0 Å². The molecule has 0 saturated carbocycles. The number of amides is 1. The molecule has 0 radical (unpaired) electrons. The molecule has 5 rings (SSSR count). The van der Waals surface area contributed by atoms with Crippen LogP contribution in [0.5, 0.6) is 0 Å². The van der Waals surface area contributed by atoms with Crippen molar-refractivity contribution in [3.05, 3.63) is 77.7 Å². The first-order valence-corrected chi connectivity index (χ1v) is 9.50. The summed E-state index contributed by atoms with van der Waals surface area (Å²) in [5, 5.41) is 7.42. The van der Waals surface area contributed by atoms with Crippen LogP contribution in [0.4, 0.5) is 4.39 Å². The van der Waals surface area contributed by atoms with E-state index >= 15 is 0 Å². The predicted octanol–water partition coefficient (Wildman–Crippen LogP) is 3.51. The number of carbonyl (C=O) groups is 1. The van der Waals surface area contributed by atoms with Crippen molar-refractivity contribution in [1.82, 2.24) is 15.4 Å². The lowest BCUT2D eigenvalue weighted by atomic mass is 9.89. The Morgan fingerprint density at radius 1 is 1.11 bits per heavy atom. The number of benzene rings is 2. The number of fused-ring (bicyclic) bond motifs is 1. The third-order valence-corrected chi connectivity index (χ3v) is 5.80. The van der Waals surface area contributed by atoms with Crippen LogP contribution < -0.4 is 5.32 Å². The molecule has 0 spiro atoms. The van der Waals surface area contributed by atoms with Gasteiger partial charge in [-0.25, -0.2) is 4.39 Å². The molecule has 0 unspecified atom stereocenters. The molecule has 2 aromatic carbocycles. The summed E-state index contributed by atoms with van der Waals surface area (Å²) in [4.78, 5) is 15.1. The number of aromatic nitrogens is 1. The minimum Gasteiger partial charge on any atom is -0.355 e. The molecule has 28 heavy (non-hydrogen) atoms. The van der Waals surface area contributed by atoms with Crippen molar-refractivity contribution < 1.29 is 13.7 Å². The maximum Gasteiger partial charge on any atom is 0.276 e. The third-order valence-electron chi connectivity index (χ3n) is 5.80. The van der Waals surface area contributed by atoms with E-state index in [4.69, 9.17) is 4.52 Å². The largest absolute Gasteiger partial charge is 0.355 e. The van der Waals surface area contributed by atoms with E-state index in [1.807, 2.05) is 41.3 Å². The van der Waals surface area contributed by atoms with Crippen LogP contribution >= 0.6 is 0 Å². The molecule has 1 amide bonds. The molecule has 3 aromatic rings. The quantitative estimate of drug-likeness (QED) is 0.759. The Morgan fingerprint density at radius 3 is 2.79 bits per heavy atom. The summed E-state index contributed by atoms with van der Waals surface area (Å²) in [6.45, 7) is 2.32. The average molecular weight is 377 g/mol. The van der Waals surface area contributed by atoms with Crippen molar-refractivity contribution >= 4 is 5.91 Å².